The maximum atomic E-state index is 12.8. The first-order valence-electron chi connectivity index (χ1n) is 10.2. The number of nitrogens with one attached hydrogen (secondary N) is 1. The third kappa shape index (κ3) is 4.85. The first-order valence-corrected chi connectivity index (χ1v) is 11.6. The number of rotatable bonds is 5. The first kappa shape index (κ1) is 21.2. The van der Waals surface area contributed by atoms with Gasteiger partial charge in [0.2, 0.25) is 10.0 Å². The van der Waals surface area contributed by atoms with E-state index in [9.17, 15) is 13.2 Å². The summed E-state index contributed by atoms with van der Waals surface area (Å²) in [6, 6.07) is 23.7. The van der Waals surface area contributed by atoms with Crippen LogP contribution in [-0.2, 0) is 10.0 Å². The Hall–Kier alpha value is -3.00. The van der Waals surface area contributed by atoms with Crippen molar-refractivity contribution in [3.05, 3.63) is 84.4 Å². The second-order valence-electron chi connectivity index (χ2n) is 7.63. The monoisotopic (exact) mass is 435 g/mol. The van der Waals surface area contributed by atoms with Gasteiger partial charge in [-0.15, -0.1) is 0 Å². The van der Waals surface area contributed by atoms with Crippen molar-refractivity contribution < 1.29 is 13.2 Å². The Labute approximate surface area is 183 Å². The number of nitrogens with zero attached hydrogens (tertiary/aromatic N) is 2. The molecule has 3 aromatic carbocycles. The van der Waals surface area contributed by atoms with E-state index in [4.69, 9.17) is 0 Å². The Kier molecular flexibility index (Phi) is 6.18. The van der Waals surface area contributed by atoms with Gasteiger partial charge < -0.3 is 10.2 Å². The van der Waals surface area contributed by atoms with E-state index in [0.29, 0.717) is 24.3 Å². The summed E-state index contributed by atoms with van der Waals surface area (Å²) in [5.41, 5.74) is 3.21. The summed E-state index contributed by atoms with van der Waals surface area (Å²) in [5, 5.41) is 2.83. The number of hydrogen-bond acceptors (Lipinski definition) is 4. The molecule has 1 aliphatic heterocycles. The molecular formula is C24H25N3O3S. The lowest BCUT2D eigenvalue weighted by molar-refractivity contribution is 0.102. The molecule has 31 heavy (non-hydrogen) atoms. The molecule has 1 amide bonds. The van der Waals surface area contributed by atoms with Crippen molar-refractivity contribution in [2.45, 2.75) is 4.90 Å². The molecule has 4 rings (SSSR count). The van der Waals surface area contributed by atoms with Crippen LogP contribution in [0, 0.1) is 0 Å². The molecule has 0 atom stereocenters. The zero-order valence-corrected chi connectivity index (χ0v) is 18.2. The van der Waals surface area contributed by atoms with Crippen LogP contribution in [0.2, 0.25) is 0 Å². The largest absolute Gasteiger partial charge is 0.322 e. The van der Waals surface area contributed by atoms with Crippen LogP contribution in [0.5, 0.6) is 0 Å². The quantitative estimate of drug-likeness (QED) is 0.666. The van der Waals surface area contributed by atoms with E-state index in [1.165, 1.54) is 4.31 Å². The molecular weight excluding hydrogens is 410 g/mol. The van der Waals surface area contributed by atoms with Gasteiger partial charge in [0.15, 0.2) is 0 Å². The number of sulfonamides is 1. The molecule has 1 N–H and O–H groups in total. The highest BCUT2D eigenvalue weighted by molar-refractivity contribution is 7.89. The number of likely N-dealkylation sites (N-methyl/N-ethyl adjacent to an activating group) is 1. The highest BCUT2D eigenvalue weighted by Gasteiger charge is 2.27. The number of carbonyl (C=O) groups excluding carboxylic acids is 1. The Morgan fingerprint density at radius 2 is 1.35 bits per heavy atom. The number of piperazine rings is 1. The van der Waals surface area contributed by atoms with Gasteiger partial charge in [-0.25, -0.2) is 8.42 Å². The molecule has 160 valence electrons. The van der Waals surface area contributed by atoms with Crippen molar-refractivity contribution in [1.29, 1.82) is 0 Å². The van der Waals surface area contributed by atoms with Gasteiger partial charge in [-0.05, 0) is 54.6 Å². The maximum absolute atomic E-state index is 12.8. The lowest BCUT2D eigenvalue weighted by Crippen LogP contribution is -2.46. The summed E-state index contributed by atoms with van der Waals surface area (Å²) >= 11 is 0. The number of carbonyl (C=O) groups is 1. The van der Waals surface area contributed by atoms with Crippen molar-refractivity contribution >= 4 is 21.6 Å². The van der Waals surface area contributed by atoms with Crippen LogP contribution >= 0.6 is 0 Å². The van der Waals surface area contributed by atoms with Gasteiger partial charge in [0.05, 0.1) is 4.90 Å². The zero-order chi connectivity index (χ0) is 21.8. The predicted octanol–water partition coefficient (Wildman–Crippen LogP) is 3.54. The summed E-state index contributed by atoms with van der Waals surface area (Å²) in [4.78, 5) is 14.9. The minimum atomic E-state index is -3.52. The second-order valence-corrected chi connectivity index (χ2v) is 9.57. The average molecular weight is 436 g/mol. The zero-order valence-electron chi connectivity index (χ0n) is 17.4. The van der Waals surface area contributed by atoms with Crippen LogP contribution in [-0.4, -0.2) is 56.8 Å². The topological polar surface area (TPSA) is 69.7 Å². The van der Waals surface area contributed by atoms with Crippen LogP contribution < -0.4 is 5.32 Å². The van der Waals surface area contributed by atoms with Gasteiger partial charge >= 0.3 is 0 Å². The van der Waals surface area contributed by atoms with Crippen molar-refractivity contribution in [2.75, 3.05) is 38.5 Å². The van der Waals surface area contributed by atoms with Crippen LogP contribution in [0.15, 0.2) is 83.8 Å². The van der Waals surface area contributed by atoms with Gasteiger partial charge in [0.1, 0.15) is 0 Å². The van der Waals surface area contributed by atoms with Gasteiger partial charge in [-0.2, -0.15) is 4.31 Å². The Bertz CT molecular complexity index is 1140. The fourth-order valence-electron chi connectivity index (χ4n) is 3.54. The van der Waals surface area contributed by atoms with E-state index in [0.717, 1.165) is 24.2 Å². The Morgan fingerprint density at radius 3 is 1.97 bits per heavy atom. The van der Waals surface area contributed by atoms with E-state index in [1.807, 2.05) is 49.5 Å². The van der Waals surface area contributed by atoms with Crippen LogP contribution in [0.3, 0.4) is 0 Å². The van der Waals surface area contributed by atoms with E-state index in [1.54, 1.807) is 36.4 Å². The van der Waals surface area contributed by atoms with E-state index in [2.05, 4.69) is 10.2 Å². The smallest absolute Gasteiger partial charge is 0.255 e. The van der Waals surface area contributed by atoms with Crippen LogP contribution in [0.1, 0.15) is 10.4 Å². The number of anilines is 1. The molecule has 0 spiro atoms. The SMILES string of the molecule is CN1CCN(S(=O)(=O)c2ccc(NC(=O)c3ccc(-c4ccccc4)cc3)cc2)CC1. The fraction of sp³-hybridized carbons (Fsp3) is 0.208. The minimum Gasteiger partial charge on any atom is -0.322 e. The van der Waals surface area contributed by atoms with Crippen molar-refractivity contribution in [3.8, 4) is 11.1 Å². The predicted molar refractivity (Wildman–Crippen MR) is 123 cm³/mol. The molecule has 6 nitrogen and oxygen atoms in total. The van der Waals surface area contributed by atoms with E-state index >= 15 is 0 Å². The molecule has 0 radical (unpaired) electrons. The molecule has 1 aliphatic rings. The van der Waals surface area contributed by atoms with Crippen molar-refractivity contribution in [3.63, 3.8) is 0 Å². The molecule has 1 fully saturated rings. The number of amides is 1. The Morgan fingerprint density at radius 1 is 0.774 bits per heavy atom. The van der Waals surface area contributed by atoms with E-state index < -0.39 is 10.0 Å². The van der Waals surface area contributed by atoms with Crippen LogP contribution in [0.4, 0.5) is 5.69 Å². The number of hydrogen-bond donors (Lipinski definition) is 1. The molecule has 3 aromatic rings. The van der Waals surface area contributed by atoms with Gasteiger partial charge in [0.25, 0.3) is 5.91 Å². The highest BCUT2D eigenvalue weighted by atomic mass is 32.2. The Balaban J connectivity index is 1.42. The van der Waals surface area contributed by atoms with Gasteiger partial charge in [-0.1, -0.05) is 42.5 Å². The van der Waals surface area contributed by atoms with Gasteiger partial charge in [0, 0.05) is 37.4 Å². The normalized spacial score (nSPS) is 15.5. The number of benzene rings is 3. The minimum absolute atomic E-state index is 0.238. The molecule has 1 saturated heterocycles. The summed E-state index contributed by atoms with van der Waals surface area (Å²) < 4.78 is 27.1. The lowest BCUT2D eigenvalue weighted by Gasteiger charge is -2.31. The summed E-state index contributed by atoms with van der Waals surface area (Å²) in [6.07, 6.45) is 0. The third-order valence-corrected chi connectivity index (χ3v) is 7.38. The van der Waals surface area contributed by atoms with Crippen molar-refractivity contribution in [2.24, 2.45) is 0 Å². The summed E-state index contributed by atoms with van der Waals surface area (Å²) in [7, 11) is -1.54. The lowest BCUT2D eigenvalue weighted by atomic mass is 10.0. The van der Waals surface area contributed by atoms with Crippen molar-refractivity contribution in [1.82, 2.24) is 9.21 Å². The van der Waals surface area contributed by atoms with Gasteiger partial charge in [-0.3, -0.25) is 4.79 Å². The molecule has 0 bridgehead atoms. The molecule has 0 saturated carbocycles. The second kappa shape index (κ2) is 9.01. The average Bonchev–Trinajstić information content (AvgIpc) is 2.80. The molecule has 7 heteroatoms. The third-order valence-electron chi connectivity index (χ3n) is 5.47. The summed E-state index contributed by atoms with van der Waals surface area (Å²) in [5.74, 6) is -0.241. The summed E-state index contributed by atoms with van der Waals surface area (Å²) in [6.45, 7) is 2.40. The standard InChI is InChI=1S/C24H25N3O3S/c1-26-15-17-27(18-16-26)31(29,30)23-13-11-22(12-14-23)25-24(28)21-9-7-20(8-10-21)19-5-3-2-4-6-19/h2-14H,15-18H2,1H3,(H,25,28). The first-order chi connectivity index (χ1) is 14.9. The fourth-order valence-corrected chi connectivity index (χ4v) is 4.96. The molecule has 1 heterocycles. The molecule has 0 aromatic heterocycles. The van der Waals surface area contributed by atoms with Crippen LogP contribution in [0.25, 0.3) is 11.1 Å². The highest BCUT2D eigenvalue weighted by Crippen LogP contribution is 2.22. The maximum Gasteiger partial charge on any atom is 0.255 e. The van der Waals surface area contributed by atoms with E-state index in [-0.39, 0.29) is 10.8 Å². The molecule has 0 aliphatic carbocycles. The molecule has 0 unspecified atom stereocenters.